The Morgan fingerprint density at radius 2 is 2.00 bits per heavy atom. The summed E-state index contributed by atoms with van der Waals surface area (Å²) in [4.78, 5) is 28.2. The first-order chi connectivity index (χ1) is 10.8. The van der Waals surface area contributed by atoms with Gasteiger partial charge in [0.1, 0.15) is 0 Å². The Morgan fingerprint density at radius 3 is 2.73 bits per heavy atom. The summed E-state index contributed by atoms with van der Waals surface area (Å²) in [5, 5.41) is 6.56. The van der Waals surface area contributed by atoms with E-state index in [-0.39, 0.29) is 18.4 Å². The van der Waals surface area contributed by atoms with Gasteiger partial charge in [-0.25, -0.2) is 5.48 Å². The molecule has 2 aromatic rings. The molecule has 0 fully saturated rings. The number of hydroxylamine groups is 1. The second-order valence-corrected chi connectivity index (χ2v) is 5.11. The van der Waals surface area contributed by atoms with Gasteiger partial charge in [0, 0.05) is 18.2 Å². The average Bonchev–Trinajstić information content (AvgIpc) is 3.06. The average molecular weight is 316 g/mol. The lowest BCUT2D eigenvalue weighted by Gasteiger charge is -2.06. The molecule has 0 atom stereocenters. The predicted molar refractivity (Wildman–Crippen MR) is 86.2 cm³/mol. The summed E-state index contributed by atoms with van der Waals surface area (Å²) in [5.41, 5.74) is 3.83. The van der Waals surface area contributed by atoms with Gasteiger partial charge in [0.05, 0.1) is 6.61 Å². The van der Waals surface area contributed by atoms with E-state index in [0.29, 0.717) is 12.1 Å². The lowest BCUT2D eigenvalue weighted by atomic mass is 10.2. The number of rotatable bonds is 7. The van der Waals surface area contributed by atoms with Crippen molar-refractivity contribution >= 4 is 29.2 Å². The first-order valence-electron chi connectivity index (χ1n) is 6.71. The second kappa shape index (κ2) is 8.76. The molecule has 2 amide bonds. The van der Waals surface area contributed by atoms with Crippen LogP contribution in [0.2, 0.25) is 0 Å². The number of carbonyl (C=O) groups excluding carboxylic acids is 2. The molecule has 1 heterocycles. The van der Waals surface area contributed by atoms with Crippen LogP contribution in [0, 0.1) is 0 Å². The van der Waals surface area contributed by atoms with Crippen LogP contribution in [0.4, 0.5) is 0 Å². The zero-order valence-electron chi connectivity index (χ0n) is 11.8. The van der Waals surface area contributed by atoms with E-state index in [4.69, 9.17) is 4.84 Å². The molecule has 1 aromatic carbocycles. The molecule has 2 rings (SSSR count). The van der Waals surface area contributed by atoms with Gasteiger partial charge in [-0.15, -0.1) is 0 Å². The van der Waals surface area contributed by atoms with Crippen LogP contribution in [-0.4, -0.2) is 25.0 Å². The van der Waals surface area contributed by atoms with Crippen molar-refractivity contribution in [1.82, 2.24) is 10.8 Å². The van der Waals surface area contributed by atoms with E-state index in [9.17, 15) is 9.59 Å². The van der Waals surface area contributed by atoms with Gasteiger partial charge in [0.2, 0.25) is 5.91 Å². The van der Waals surface area contributed by atoms with Gasteiger partial charge >= 0.3 is 0 Å². The smallest absolute Gasteiger partial charge is 0.274 e. The third-order valence-corrected chi connectivity index (χ3v) is 3.38. The Morgan fingerprint density at radius 1 is 1.18 bits per heavy atom. The lowest BCUT2D eigenvalue weighted by Crippen LogP contribution is -2.30. The molecule has 0 unspecified atom stereocenters. The van der Waals surface area contributed by atoms with E-state index in [1.165, 1.54) is 6.08 Å². The summed E-state index contributed by atoms with van der Waals surface area (Å²) in [5.74, 6) is -0.520. The number of carbonyl (C=O) groups is 2. The molecule has 0 aliphatic carbocycles. The standard InChI is InChI=1S/C16H16N2O3S/c19-15(7-6-13-8-11-22-12-13)17-9-10-21-18-16(20)14-4-2-1-3-5-14/h1-8,11-12H,9-10H2,(H,17,19)(H,18,20)/b7-6+. The number of hydrogen-bond acceptors (Lipinski definition) is 4. The fourth-order valence-corrected chi connectivity index (χ4v) is 2.22. The van der Waals surface area contributed by atoms with Crippen LogP contribution < -0.4 is 10.8 Å². The van der Waals surface area contributed by atoms with Crippen molar-refractivity contribution in [3.8, 4) is 0 Å². The van der Waals surface area contributed by atoms with Crippen molar-refractivity contribution in [2.45, 2.75) is 0 Å². The summed E-state index contributed by atoms with van der Waals surface area (Å²) < 4.78 is 0. The maximum absolute atomic E-state index is 11.6. The van der Waals surface area contributed by atoms with Gasteiger partial charge in [-0.3, -0.25) is 14.4 Å². The van der Waals surface area contributed by atoms with Crippen molar-refractivity contribution < 1.29 is 14.4 Å². The highest BCUT2D eigenvalue weighted by Gasteiger charge is 2.03. The number of hydrogen-bond donors (Lipinski definition) is 2. The molecule has 0 saturated carbocycles. The van der Waals surface area contributed by atoms with Crippen molar-refractivity contribution in [2.24, 2.45) is 0 Å². The highest BCUT2D eigenvalue weighted by atomic mass is 32.1. The van der Waals surface area contributed by atoms with Gasteiger partial charge < -0.3 is 5.32 Å². The number of amides is 2. The second-order valence-electron chi connectivity index (χ2n) is 4.33. The topological polar surface area (TPSA) is 67.4 Å². The van der Waals surface area contributed by atoms with Gasteiger partial charge in [-0.1, -0.05) is 18.2 Å². The molecule has 114 valence electrons. The Balaban J connectivity index is 1.59. The molecule has 22 heavy (non-hydrogen) atoms. The Labute approximate surface area is 132 Å². The number of nitrogens with one attached hydrogen (secondary N) is 2. The van der Waals surface area contributed by atoms with E-state index in [0.717, 1.165) is 5.56 Å². The summed E-state index contributed by atoms with van der Waals surface area (Å²) in [7, 11) is 0. The van der Waals surface area contributed by atoms with Crippen LogP contribution in [0.1, 0.15) is 15.9 Å². The van der Waals surface area contributed by atoms with Gasteiger partial charge in [0.15, 0.2) is 0 Å². The monoisotopic (exact) mass is 316 g/mol. The minimum atomic E-state index is -0.315. The van der Waals surface area contributed by atoms with E-state index < -0.39 is 0 Å². The first kappa shape index (κ1) is 15.9. The highest BCUT2D eigenvalue weighted by molar-refractivity contribution is 7.08. The van der Waals surface area contributed by atoms with E-state index in [1.807, 2.05) is 22.9 Å². The maximum atomic E-state index is 11.6. The van der Waals surface area contributed by atoms with Crippen molar-refractivity contribution in [3.05, 3.63) is 64.4 Å². The van der Waals surface area contributed by atoms with Gasteiger partial charge in [-0.05, 0) is 40.6 Å². The normalized spacial score (nSPS) is 10.5. The zero-order chi connectivity index (χ0) is 15.6. The van der Waals surface area contributed by atoms with Gasteiger partial charge in [0.25, 0.3) is 5.91 Å². The van der Waals surface area contributed by atoms with Crippen LogP contribution in [-0.2, 0) is 9.63 Å². The molecule has 0 aliphatic rings. The van der Waals surface area contributed by atoms with Crippen LogP contribution in [0.5, 0.6) is 0 Å². The quantitative estimate of drug-likeness (QED) is 0.468. The van der Waals surface area contributed by atoms with Crippen LogP contribution in [0.3, 0.4) is 0 Å². The van der Waals surface area contributed by atoms with Crippen molar-refractivity contribution in [2.75, 3.05) is 13.2 Å². The minimum Gasteiger partial charge on any atom is -0.350 e. The summed E-state index contributed by atoms with van der Waals surface area (Å²) in [6, 6.07) is 10.7. The molecule has 1 aromatic heterocycles. The van der Waals surface area contributed by atoms with Crippen molar-refractivity contribution in [3.63, 3.8) is 0 Å². The Bertz CT molecular complexity index is 624. The lowest BCUT2D eigenvalue weighted by molar-refractivity contribution is -0.116. The number of benzene rings is 1. The van der Waals surface area contributed by atoms with Crippen LogP contribution >= 0.6 is 11.3 Å². The molecule has 0 aliphatic heterocycles. The van der Waals surface area contributed by atoms with Crippen LogP contribution in [0.25, 0.3) is 6.08 Å². The third kappa shape index (κ3) is 5.51. The molecule has 0 spiro atoms. The molecule has 6 heteroatoms. The number of thiophene rings is 1. The fraction of sp³-hybridized carbons (Fsp3) is 0.125. The SMILES string of the molecule is O=C(/C=C/c1ccsc1)NCCONC(=O)c1ccccc1. The van der Waals surface area contributed by atoms with E-state index >= 15 is 0 Å². The Kier molecular flexibility index (Phi) is 6.35. The first-order valence-corrected chi connectivity index (χ1v) is 7.65. The predicted octanol–water partition coefficient (Wildman–Crippen LogP) is 2.24. The Hall–Kier alpha value is -2.44. The molecular formula is C16H16N2O3S. The fourth-order valence-electron chi connectivity index (χ4n) is 1.59. The summed E-state index contributed by atoms with van der Waals surface area (Å²) in [6.45, 7) is 0.498. The molecule has 5 nitrogen and oxygen atoms in total. The summed E-state index contributed by atoms with van der Waals surface area (Å²) >= 11 is 1.57. The zero-order valence-corrected chi connectivity index (χ0v) is 12.6. The van der Waals surface area contributed by atoms with E-state index in [1.54, 1.807) is 41.7 Å². The van der Waals surface area contributed by atoms with Crippen molar-refractivity contribution in [1.29, 1.82) is 0 Å². The molecule has 0 saturated heterocycles. The largest absolute Gasteiger partial charge is 0.350 e. The molecular weight excluding hydrogens is 300 g/mol. The summed E-state index contributed by atoms with van der Waals surface area (Å²) in [6.07, 6.45) is 3.20. The molecule has 0 bridgehead atoms. The third-order valence-electron chi connectivity index (χ3n) is 2.67. The maximum Gasteiger partial charge on any atom is 0.274 e. The molecule has 0 radical (unpaired) electrons. The van der Waals surface area contributed by atoms with Gasteiger partial charge in [-0.2, -0.15) is 11.3 Å². The van der Waals surface area contributed by atoms with Crippen LogP contribution in [0.15, 0.2) is 53.2 Å². The minimum absolute atomic E-state index is 0.191. The molecule has 2 N–H and O–H groups in total. The van der Waals surface area contributed by atoms with E-state index in [2.05, 4.69) is 10.8 Å². The highest BCUT2D eigenvalue weighted by Crippen LogP contribution is 2.07.